The largest absolute Gasteiger partial charge is 0.481 e. The summed E-state index contributed by atoms with van der Waals surface area (Å²) in [6.07, 6.45) is 1.34. The number of aliphatic carboxylic acids is 1. The zero-order valence-electron chi connectivity index (χ0n) is 15.6. The van der Waals surface area contributed by atoms with Crippen molar-refractivity contribution in [2.24, 2.45) is 0 Å². The van der Waals surface area contributed by atoms with Gasteiger partial charge in [-0.15, -0.1) is 0 Å². The summed E-state index contributed by atoms with van der Waals surface area (Å²) in [7, 11) is 0. The third-order valence-electron chi connectivity index (χ3n) is 4.66. The van der Waals surface area contributed by atoms with E-state index in [1.165, 1.54) is 6.20 Å². The van der Waals surface area contributed by atoms with Crippen molar-refractivity contribution in [3.63, 3.8) is 0 Å². The smallest absolute Gasteiger partial charge is 0.305 e. The third kappa shape index (κ3) is 3.84. The molecule has 6 nitrogen and oxygen atoms in total. The minimum atomic E-state index is -0.970. The fourth-order valence-electron chi connectivity index (χ4n) is 3.37. The Kier molecular flexibility index (Phi) is 5.26. The first-order chi connectivity index (χ1) is 12.9. The van der Waals surface area contributed by atoms with Crippen LogP contribution in [0.25, 0.3) is 10.8 Å². The van der Waals surface area contributed by atoms with Crippen LogP contribution < -0.4 is 5.32 Å². The Bertz CT molecular complexity index is 986. The molecule has 1 aromatic heterocycles. The van der Waals surface area contributed by atoms with Crippen molar-refractivity contribution < 1.29 is 14.7 Å². The van der Waals surface area contributed by atoms with E-state index >= 15 is 0 Å². The van der Waals surface area contributed by atoms with Gasteiger partial charge in [-0.1, -0.05) is 42.5 Å². The number of carbonyl (C=O) groups is 2. The lowest BCUT2D eigenvalue weighted by atomic mass is 9.96. The lowest BCUT2D eigenvalue weighted by molar-refractivity contribution is -0.137. The van der Waals surface area contributed by atoms with Gasteiger partial charge in [0.05, 0.1) is 24.2 Å². The molecule has 0 unspecified atom stereocenters. The van der Waals surface area contributed by atoms with Gasteiger partial charge >= 0.3 is 5.97 Å². The molecule has 0 spiro atoms. The van der Waals surface area contributed by atoms with Gasteiger partial charge < -0.3 is 10.4 Å². The average molecular weight is 365 g/mol. The molecule has 1 amide bonds. The van der Waals surface area contributed by atoms with Crippen LogP contribution in [-0.2, 0) is 4.79 Å². The molecule has 6 heteroatoms. The number of carbonyl (C=O) groups excluding carboxylic acids is 1. The molecule has 0 radical (unpaired) electrons. The number of benzene rings is 2. The molecular weight excluding hydrogens is 342 g/mol. The molecule has 3 aromatic rings. The Balaban J connectivity index is 1.96. The first-order valence-corrected chi connectivity index (χ1v) is 8.93. The van der Waals surface area contributed by atoms with Crippen molar-refractivity contribution in [3.05, 3.63) is 65.5 Å². The number of carboxylic acid groups (broad SMARTS) is 1. The summed E-state index contributed by atoms with van der Waals surface area (Å²) in [4.78, 5) is 24.3. The molecule has 1 atom stereocenters. The molecule has 0 aliphatic carbocycles. The summed E-state index contributed by atoms with van der Waals surface area (Å²) in [5.74, 6) is -1.29. The van der Waals surface area contributed by atoms with E-state index < -0.39 is 12.0 Å². The highest BCUT2D eigenvalue weighted by Gasteiger charge is 2.23. The molecule has 2 N–H and O–H groups in total. The summed E-state index contributed by atoms with van der Waals surface area (Å²) in [6, 6.07) is 12.9. The Morgan fingerprint density at radius 1 is 1.15 bits per heavy atom. The second-order valence-corrected chi connectivity index (χ2v) is 6.87. The molecule has 27 heavy (non-hydrogen) atoms. The first-order valence-electron chi connectivity index (χ1n) is 8.93. The van der Waals surface area contributed by atoms with Gasteiger partial charge in [0.25, 0.3) is 5.91 Å². The van der Waals surface area contributed by atoms with Crippen molar-refractivity contribution >= 4 is 22.6 Å². The van der Waals surface area contributed by atoms with Crippen LogP contribution in [-0.4, -0.2) is 26.8 Å². The standard InChI is InChI=1S/C21H23N3O3/c1-13(2)24-14(3)18(12-22-24)21(27)23-19(11-20(25)26)17-10-6-8-15-7-4-5-9-16(15)17/h4-10,12-13,19H,11H2,1-3H3,(H,23,27)(H,25,26)/t19-/m1/s1. The highest BCUT2D eigenvalue weighted by molar-refractivity contribution is 5.96. The number of rotatable bonds is 6. The summed E-state index contributed by atoms with van der Waals surface area (Å²) in [5.41, 5.74) is 2.01. The topological polar surface area (TPSA) is 84.2 Å². The summed E-state index contributed by atoms with van der Waals surface area (Å²) < 4.78 is 1.78. The number of hydrogen-bond acceptors (Lipinski definition) is 3. The van der Waals surface area contributed by atoms with Gasteiger partial charge in [-0.05, 0) is 37.1 Å². The van der Waals surface area contributed by atoms with Crippen LogP contribution >= 0.6 is 0 Å². The molecule has 0 bridgehead atoms. The number of aromatic nitrogens is 2. The molecule has 0 aliphatic rings. The summed E-state index contributed by atoms with van der Waals surface area (Å²) >= 11 is 0. The minimum absolute atomic E-state index is 0.138. The lowest BCUT2D eigenvalue weighted by Crippen LogP contribution is -2.30. The Morgan fingerprint density at radius 2 is 1.85 bits per heavy atom. The quantitative estimate of drug-likeness (QED) is 0.694. The van der Waals surface area contributed by atoms with E-state index in [2.05, 4.69) is 10.4 Å². The summed E-state index contributed by atoms with van der Waals surface area (Å²) in [5, 5.41) is 18.5. The van der Waals surface area contributed by atoms with Crippen molar-refractivity contribution in [2.45, 2.75) is 39.3 Å². The van der Waals surface area contributed by atoms with E-state index in [1.54, 1.807) is 4.68 Å². The normalized spacial score (nSPS) is 12.3. The highest BCUT2D eigenvalue weighted by Crippen LogP contribution is 2.27. The van der Waals surface area contributed by atoms with E-state index in [-0.39, 0.29) is 18.4 Å². The molecule has 140 valence electrons. The lowest BCUT2D eigenvalue weighted by Gasteiger charge is -2.19. The van der Waals surface area contributed by atoms with Crippen LogP contribution in [0.1, 0.15) is 54.0 Å². The maximum Gasteiger partial charge on any atom is 0.305 e. The maximum absolute atomic E-state index is 12.8. The van der Waals surface area contributed by atoms with E-state index in [9.17, 15) is 14.7 Å². The van der Waals surface area contributed by atoms with Gasteiger partial charge in [0.2, 0.25) is 0 Å². The van der Waals surface area contributed by atoms with Gasteiger partial charge in [0.15, 0.2) is 0 Å². The Hall–Kier alpha value is -3.15. The zero-order chi connectivity index (χ0) is 19.6. The molecule has 2 aromatic carbocycles. The third-order valence-corrected chi connectivity index (χ3v) is 4.66. The van der Waals surface area contributed by atoms with Gasteiger partial charge in [-0.2, -0.15) is 5.10 Å². The number of nitrogens with zero attached hydrogens (tertiary/aromatic N) is 2. The van der Waals surface area contributed by atoms with E-state index in [0.717, 1.165) is 22.0 Å². The van der Waals surface area contributed by atoms with Crippen LogP contribution in [0.15, 0.2) is 48.7 Å². The zero-order valence-corrected chi connectivity index (χ0v) is 15.6. The Morgan fingerprint density at radius 3 is 2.52 bits per heavy atom. The predicted molar refractivity (Wildman–Crippen MR) is 104 cm³/mol. The molecule has 1 heterocycles. The van der Waals surface area contributed by atoms with E-state index in [1.807, 2.05) is 63.2 Å². The van der Waals surface area contributed by atoms with Crippen LogP contribution in [0, 0.1) is 6.92 Å². The van der Waals surface area contributed by atoms with Crippen molar-refractivity contribution in [3.8, 4) is 0 Å². The van der Waals surface area contributed by atoms with Crippen LogP contribution in [0.4, 0.5) is 0 Å². The van der Waals surface area contributed by atoms with Gasteiger partial charge in [-0.25, -0.2) is 0 Å². The number of fused-ring (bicyclic) bond motifs is 1. The van der Waals surface area contributed by atoms with Crippen molar-refractivity contribution in [1.29, 1.82) is 0 Å². The number of hydrogen-bond donors (Lipinski definition) is 2. The molecule has 3 rings (SSSR count). The minimum Gasteiger partial charge on any atom is -0.481 e. The number of carboxylic acids is 1. The number of amides is 1. The molecule has 0 fully saturated rings. The molecule has 0 saturated carbocycles. The van der Waals surface area contributed by atoms with Gasteiger partial charge in [0, 0.05) is 11.7 Å². The first kappa shape index (κ1) is 18.6. The predicted octanol–water partition coefficient (Wildman–Crippen LogP) is 3.87. The van der Waals surface area contributed by atoms with Crippen molar-refractivity contribution in [2.75, 3.05) is 0 Å². The van der Waals surface area contributed by atoms with Crippen LogP contribution in [0.3, 0.4) is 0 Å². The summed E-state index contributed by atoms with van der Waals surface area (Å²) in [6.45, 7) is 5.82. The molecule has 0 aliphatic heterocycles. The fraction of sp³-hybridized carbons (Fsp3) is 0.286. The Labute approximate surface area is 157 Å². The van der Waals surface area contributed by atoms with Gasteiger partial charge in [0.1, 0.15) is 0 Å². The molecular formula is C21H23N3O3. The van der Waals surface area contributed by atoms with E-state index in [0.29, 0.717) is 5.56 Å². The van der Waals surface area contributed by atoms with Crippen LogP contribution in [0.2, 0.25) is 0 Å². The monoisotopic (exact) mass is 365 g/mol. The highest BCUT2D eigenvalue weighted by atomic mass is 16.4. The molecule has 0 saturated heterocycles. The van der Waals surface area contributed by atoms with Gasteiger partial charge in [-0.3, -0.25) is 14.3 Å². The number of nitrogens with one attached hydrogen (secondary N) is 1. The second-order valence-electron chi connectivity index (χ2n) is 6.87. The van der Waals surface area contributed by atoms with E-state index in [4.69, 9.17) is 0 Å². The van der Waals surface area contributed by atoms with Crippen molar-refractivity contribution in [1.82, 2.24) is 15.1 Å². The van der Waals surface area contributed by atoms with Crippen LogP contribution in [0.5, 0.6) is 0 Å². The average Bonchev–Trinajstić information content (AvgIpc) is 3.02. The second kappa shape index (κ2) is 7.61. The maximum atomic E-state index is 12.8. The SMILES string of the molecule is Cc1c(C(=O)N[C@H](CC(=O)O)c2cccc3ccccc23)cnn1C(C)C. The fourth-order valence-corrected chi connectivity index (χ4v) is 3.37.